The molecule has 0 atom stereocenters. The van der Waals surface area contributed by atoms with E-state index in [-0.39, 0.29) is 11.7 Å². The van der Waals surface area contributed by atoms with Gasteiger partial charge in [0.1, 0.15) is 5.76 Å². The van der Waals surface area contributed by atoms with E-state index in [4.69, 9.17) is 4.42 Å². The van der Waals surface area contributed by atoms with Gasteiger partial charge in [-0.1, -0.05) is 26.7 Å². The number of carbonyl (C=O) groups excluding carboxylic acids is 1. The van der Waals surface area contributed by atoms with Gasteiger partial charge in [0, 0.05) is 5.92 Å². The van der Waals surface area contributed by atoms with Gasteiger partial charge >= 0.3 is 0 Å². The van der Waals surface area contributed by atoms with E-state index >= 15 is 0 Å². The van der Waals surface area contributed by atoms with E-state index in [1.54, 1.807) is 6.07 Å². The molecular weight excluding hydrogens is 188 g/mol. The van der Waals surface area contributed by atoms with E-state index in [0.29, 0.717) is 5.76 Å². The van der Waals surface area contributed by atoms with Gasteiger partial charge < -0.3 is 4.42 Å². The molecule has 1 heterocycles. The summed E-state index contributed by atoms with van der Waals surface area (Å²) in [6, 6.07) is 3.64. The van der Waals surface area contributed by atoms with Crippen molar-refractivity contribution in [1.82, 2.24) is 0 Å². The zero-order valence-corrected chi connectivity index (χ0v) is 9.88. The molecule has 0 aliphatic carbocycles. The van der Waals surface area contributed by atoms with Crippen molar-refractivity contribution in [3.63, 3.8) is 0 Å². The average molecular weight is 208 g/mol. The van der Waals surface area contributed by atoms with Crippen LogP contribution >= 0.6 is 0 Å². The molecule has 0 aromatic carbocycles. The van der Waals surface area contributed by atoms with Crippen LogP contribution < -0.4 is 0 Å². The second-order valence-corrected chi connectivity index (χ2v) is 4.05. The van der Waals surface area contributed by atoms with Crippen molar-refractivity contribution in [1.29, 1.82) is 0 Å². The van der Waals surface area contributed by atoms with Crippen LogP contribution in [0.5, 0.6) is 0 Å². The summed E-state index contributed by atoms with van der Waals surface area (Å²) < 4.78 is 5.37. The van der Waals surface area contributed by atoms with Crippen molar-refractivity contribution in [2.24, 2.45) is 5.92 Å². The zero-order valence-electron chi connectivity index (χ0n) is 9.88. The predicted molar refractivity (Wildman–Crippen MR) is 61.1 cm³/mol. The van der Waals surface area contributed by atoms with Crippen molar-refractivity contribution in [2.45, 2.75) is 46.5 Å². The monoisotopic (exact) mass is 208 g/mol. The topological polar surface area (TPSA) is 30.2 Å². The predicted octanol–water partition coefficient (Wildman–Crippen LogP) is 3.99. The fourth-order valence-electron chi connectivity index (χ4n) is 1.87. The number of hydrogen-bond donors (Lipinski definition) is 0. The molecule has 0 saturated carbocycles. The van der Waals surface area contributed by atoms with E-state index in [0.717, 1.165) is 31.4 Å². The van der Waals surface area contributed by atoms with Gasteiger partial charge in [0.05, 0.1) is 0 Å². The summed E-state index contributed by atoms with van der Waals surface area (Å²) in [6.45, 7) is 6.10. The van der Waals surface area contributed by atoms with Crippen LogP contribution in [0.2, 0.25) is 0 Å². The highest BCUT2D eigenvalue weighted by atomic mass is 16.3. The highest BCUT2D eigenvalue weighted by Gasteiger charge is 2.20. The fraction of sp³-hybridized carbons (Fsp3) is 0.615. The lowest BCUT2D eigenvalue weighted by molar-refractivity contribution is 0.0875. The summed E-state index contributed by atoms with van der Waals surface area (Å²) in [7, 11) is 0. The first kappa shape index (κ1) is 12.0. The lowest BCUT2D eigenvalue weighted by Crippen LogP contribution is -2.13. The van der Waals surface area contributed by atoms with Crippen LogP contribution in [0.3, 0.4) is 0 Å². The molecule has 1 aromatic heterocycles. The smallest absolute Gasteiger partial charge is 0.201 e. The van der Waals surface area contributed by atoms with Gasteiger partial charge in [-0.3, -0.25) is 4.79 Å². The lowest BCUT2D eigenvalue weighted by atomic mass is 9.92. The molecule has 2 nitrogen and oxygen atoms in total. The number of furan rings is 1. The van der Waals surface area contributed by atoms with Crippen LogP contribution in [0.4, 0.5) is 0 Å². The average Bonchev–Trinajstić information content (AvgIpc) is 2.63. The highest BCUT2D eigenvalue weighted by Crippen LogP contribution is 2.20. The molecular formula is C13H20O2. The highest BCUT2D eigenvalue weighted by molar-refractivity contribution is 5.95. The Kier molecular flexibility index (Phi) is 4.60. The number of ketones is 1. The third-order valence-electron chi connectivity index (χ3n) is 2.63. The number of carbonyl (C=O) groups is 1. The van der Waals surface area contributed by atoms with Gasteiger partial charge in [0.15, 0.2) is 5.76 Å². The molecule has 0 N–H and O–H groups in total. The first-order valence-corrected chi connectivity index (χ1v) is 5.79. The Hall–Kier alpha value is -1.05. The third kappa shape index (κ3) is 3.22. The van der Waals surface area contributed by atoms with E-state index in [2.05, 4.69) is 13.8 Å². The molecule has 0 aliphatic heterocycles. The van der Waals surface area contributed by atoms with Crippen molar-refractivity contribution < 1.29 is 9.21 Å². The SMILES string of the molecule is CCCC(CCC)C(=O)c1ccc(C)o1. The fourth-order valence-corrected chi connectivity index (χ4v) is 1.87. The first-order valence-electron chi connectivity index (χ1n) is 5.79. The summed E-state index contributed by atoms with van der Waals surface area (Å²) >= 11 is 0. The zero-order chi connectivity index (χ0) is 11.3. The molecule has 0 fully saturated rings. The Morgan fingerprint density at radius 2 is 1.87 bits per heavy atom. The Balaban J connectivity index is 2.71. The van der Waals surface area contributed by atoms with E-state index < -0.39 is 0 Å². The maximum Gasteiger partial charge on any atom is 0.201 e. The molecule has 0 spiro atoms. The minimum absolute atomic E-state index is 0.144. The summed E-state index contributed by atoms with van der Waals surface area (Å²) in [4.78, 5) is 12.0. The molecule has 0 aliphatic rings. The molecule has 0 unspecified atom stereocenters. The Labute approximate surface area is 91.7 Å². The minimum Gasteiger partial charge on any atom is -0.458 e. The molecule has 1 aromatic rings. The van der Waals surface area contributed by atoms with E-state index in [1.807, 2.05) is 13.0 Å². The maximum absolute atomic E-state index is 12.0. The Morgan fingerprint density at radius 3 is 2.27 bits per heavy atom. The second-order valence-electron chi connectivity index (χ2n) is 4.05. The quantitative estimate of drug-likeness (QED) is 0.662. The summed E-state index contributed by atoms with van der Waals surface area (Å²) in [5.41, 5.74) is 0. The number of Topliss-reactive ketones (excluding diaryl/α,β-unsaturated/α-hetero) is 1. The Morgan fingerprint density at radius 1 is 1.27 bits per heavy atom. The van der Waals surface area contributed by atoms with Crippen LogP contribution in [-0.4, -0.2) is 5.78 Å². The first-order chi connectivity index (χ1) is 7.19. The van der Waals surface area contributed by atoms with Crippen LogP contribution in [0.15, 0.2) is 16.5 Å². The molecule has 15 heavy (non-hydrogen) atoms. The summed E-state index contributed by atoms with van der Waals surface area (Å²) in [5.74, 6) is 1.65. The van der Waals surface area contributed by atoms with Crippen molar-refractivity contribution in [3.05, 3.63) is 23.7 Å². The Bertz CT molecular complexity index is 306. The maximum atomic E-state index is 12.0. The van der Waals surface area contributed by atoms with Crippen LogP contribution in [0, 0.1) is 12.8 Å². The number of aryl methyl sites for hydroxylation is 1. The van der Waals surface area contributed by atoms with E-state index in [1.165, 1.54) is 0 Å². The minimum atomic E-state index is 0.144. The van der Waals surface area contributed by atoms with Crippen LogP contribution in [0.1, 0.15) is 55.8 Å². The number of hydrogen-bond acceptors (Lipinski definition) is 2. The third-order valence-corrected chi connectivity index (χ3v) is 2.63. The number of rotatable bonds is 6. The van der Waals surface area contributed by atoms with Crippen molar-refractivity contribution in [2.75, 3.05) is 0 Å². The summed E-state index contributed by atoms with van der Waals surface area (Å²) in [5, 5.41) is 0. The van der Waals surface area contributed by atoms with Gasteiger partial charge in [-0.05, 0) is 31.9 Å². The van der Waals surface area contributed by atoms with Crippen molar-refractivity contribution in [3.8, 4) is 0 Å². The van der Waals surface area contributed by atoms with Crippen LogP contribution in [0.25, 0.3) is 0 Å². The van der Waals surface area contributed by atoms with Crippen LogP contribution in [-0.2, 0) is 0 Å². The standard InChI is InChI=1S/C13H20O2/c1-4-6-11(7-5-2)13(14)12-9-8-10(3)15-12/h8-9,11H,4-7H2,1-3H3. The normalized spacial score (nSPS) is 10.9. The van der Waals surface area contributed by atoms with E-state index in [9.17, 15) is 4.79 Å². The molecule has 0 saturated heterocycles. The summed E-state index contributed by atoms with van der Waals surface area (Å²) in [6.07, 6.45) is 4.03. The lowest BCUT2D eigenvalue weighted by Gasteiger charge is -2.11. The van der Waals surface area contributed by atoms with Gasteiger partial charge in [-0.15, -0.1) is 0 Å². The van der Waals surface area contributed by atoms with Gasteiger partial charge in [-0.2, -0.15) is 0 Å². The molecule has 0 radical (unpaired) electrons. The molecule has 2 heteroatoms. The molecule has 0 bridgehead atoms. The molecule has 1 rings (SSSR count). The largest absolute Gasteiger partial charge is 0.458 e. The van der Waals surface area contributed by atoms with Crippen molar-refractivity contribution >= 4 is 5.78 Å². The molecule has 84 valence electrons. The van der Waals surface area contributed by atoms with Gasteiger partial charge in [-0.25, -0.2) is 0 Å². The molecule has 0 amide bonds. The van der Waals surface area contributed by atoms with Gasteiger partial charge in [0.2, 0.25) is 5.78 Å². The second kappa shape index (κ2) is 5.74. The van der Waals surface area contributed by atoms with Gasteiger partial charge in [0.25, 0.3) is 0 Å².